The molecule has 3 rings (SSSR count). The highest BCUT2D eigenvalue weighted by molar-refractivity contribution is 8.45. The molecule has 156 valence electrons. The van der Waals surface area contributed by atoms with E-state index in [4.69, 9.17) is 4.74 Å². The second-order valence-corrected chi connectivity index (χ2v) is 9.32. The lowest BCUT2D eigenvalue weighted by Crippen LogP contribution is -2.45. The Labute approximate surface area is 161 Å². The van der Waals surface area contributed by atoms with Crippen LogP contribution in [0.3, 0.4) is 0 Å². The van der Waals surface area contributed by atoms with E-state index in [2.05, 4.69) is 10.6 Å². The summed E-state index contributed by atoms with van der Waals surface area (Å²) in [5, 5.41) is 6.79. The maximum Gasteiger partial charge on any atom is 0.310 e. The summed E-state index contributed by atoms with van der Waals surface area (Å²) in [5.41, 5.74) is 1.51. The largest absolute Gasteiger partial charge is 0.496 e. The van der Waals surface area contributed by atoms with Crippen molar-refractivity contribution >= 4 is 10.2 Å². The standard InChI is InChI=1S/C19H23F5N2OS/c1-27-18-12-16(28(20,21,22,23)24)10-9-15(18)13-26-17-8-5-11-25-19(17)14-6-3-2-4-7-14/h2-4,6-7,9-10,12,17,19,25-26H,5,8,11,13H2,1H3/t17-,19-/m0/s1. The minimum absolute atomic E-state index is 0.0520. The van der Waals surface area contributed by atoms with Crippen LogP contribution in [0.1, 0.15) is 30.0 Å². The van der Waals surface area contributed by atoms with Crippen molar-refractivity contribution in [3.63, 3.8) is 0 Å². The summed E-state index contributed by atoms with van der Waals surface area (Å²) in [6, 6.07) is 11.8. The normalized spacial score (nSPS) is 22.9. The Morgan fingerprint density at radius 3 is 2.43 bits per heavy atom. The quantitative estimate of drug-likeness (QED) is 0.566. The van der Waals surface area contributed by atoms with Gasteiger partial charge in [0.25, 0.3) is 0 Å². The fourth-order valence-corrected chi connectivity index (χ4v) is 4.13. The van der Waals surface area contributed by atoms with Crippen molar-refractivity contribution in [3.8, 4) is 5.75 Å². The number of hydrogen-bond acceptors (Lipinski definition) is 3. The summed E-state index contributed by atoms with van der Waals surface area (Å²) < 4.78 is 70.1. The fraction of sp³-hybridized carbons (Fsp3) is 0.368. The molecule has 9 heteroatoms. The zero-order valence-corrected chi connectivity index (χ0v) is 16.1. The third-order valence-corrected chi connectivity index (χ3v) is 6.02. The lowest BCUT2D eigenvalue weighted by molar-refractivity contribution is 0.302. The zero-order valence-electron chi connectivity index (χ0n) is 15.3. The summed E-state index contributed by atoms with van der Waals surface area (Å²) in [4.78, 5) is -1.94. The number of piperidine rings is 1. The van der Waals surface area contributed by atoms with E-state index in [1.54, 1.807) is 0 Å². The highest BCUT2D eigenvalue weighted by Gasteiger charge is 2.65. The van der Waals surface area contributed by atoms with Gasteiger partial charge in [-0.05, 0) is 31.0 Å². The molecule has 2 aromatic carbocycles. The first kappa shape index (κ1) is 20.9. The van der Waals surface area contributed by atoms with E-state index < -0.39 is 15.1 Å². The molecule has 0 aromatic heterocycles. The van der Waals surface area contributed by atoms with Gasteiger partial charge in [-0.3, -0.25) is 0 Å². The second-order valence-electron chi connectivity index (χ2n) is 6.91. The smallest absolute Gasteiger partial charge is 0.310 e. The molecule has 2 atom stereocenters. The predicted molar refractivity (Wildman–Crippen MR) is 101 cm³/mol. The van der Waals surface area contributed by atoms with E-state index in [0.29, 0.717) is 17.7 Å². The number of hydrogen-bond donors (Lipinski definition) is 2. The van der Waals surface area contributed by atoms with Gasteiger partial charge in [-0.2, -0.15) is 0 Å². The topological polar surface area (TPSA) is 33.3 Å². The van der Waals surface area contributed by atoms with Crippen molar-refractivity contribution in [2.75, 3.05) is 13.7 Å². The van der Waals surface area contributed by atoms with Gasteiger partial charge in [0.05, 0.1) is 7.11 Å². The molecule has 1 saturated heterocycles. The van der Waals surface area contributed by atoms with Gasteiger partial charge in [0.2, 0.25) is 0 Å². The van der Waals surface area contributed by atoms with Gasteiger partial charge in [-0.25, -0.2) is 0 Å². The van der Waals surface area contributed by atoms with Crippen LogP contribution in [0.5, 0.6) is 5.75 Å². The van der Waals surface area contributed by atoms with Crippen molar-refractivity contribution in [2.45, 2.75) is 36.4 Å². The van der Waals surface area contributed by atoms with Gasteiger partial charge in [0.1, 0.15) is 10.6 Å². The minimum atomic E-state index is -9.74. The van der Waals surface area contributed by atoms with Crippen LogP contribution in [0, 0.1) is 0 Å². The number of benzene rings is 2. The number of halogens is 5. The third-order valence-electron chi connectivity index (χ3n) is 4.88. The molecule has 1 aliphatic heterocycles. The van der Waals surface area contributed by atoms with Crippen molar-refractivity contribution < 1.29 is 24.2 Å². The van der Waals surface area contributed by atoms with E-state index in [-0.39, 0.29) is 24.4 Å². The summed E-state index contributed by atoms with van der Waals surface area (Å²) >= 11 is 0. The highest BCUT2D eigenvalue weighted by Crippen LogP contribution is 3.02. The summed E-state index contributed by atoms with van der Waals surface area (Å²) in [7, 11) is -8.57. The van der Waals surface area contributed by atoms with Crippen molar-refractivity contribution in [2.24, 2.45) is 0 Å². The van der Waals surface area contributed by atoms with Crippen molar-refractivity contribution in [1.82, 2.24) is 10.6 Å². The molecule has 0 radical (unpaired) electrons. The maximum atomic E-state index is 13.0. The third kappa shape index (κ3) is 4.95. The molecule has 0 bridgehead atoms. The van der Waals surface area contributed by atoms with Crippen LogP contribution in [-0.4, -0.2) is 19.7 Å². The maximum absolute atomic E-state index is 13.0. The van der Waals surface area contributed by atoms with Crippen LogP contribution in [0.15, 0.2) is 53.4 Å². The average molecular weight is 422 g/mol. The van der Waals surface area contributed by atoms with E-state index >= 15 is 0 Å². The van der Waals surface area contributed by atoms with Gasteiger partial charge >= 0.3 is 10.2 Å². The lowest BCUT2D eigenvalue weighted by atomic mass is 9.92. The molecular weight excluding hydrogens is 399 g/mol. The van der Waals surface area contributed by atoms with Crippen LogP contribution in [0.4, 0.5) is 19.4 Å². The SMILES string of the molecule is COc1cc(S(F)(F)(F)(F)F)ccc1CN[C@H]1CCCN[C@H]1c1ccccc1. The second kappa shape index (κ2) is 6.89. The van der Waals surface area contributed by atoms with Crippen LogP contribution < -0.4 is 15.4 Å². The predicted octanol–water partition coefficient (Wildman–Crippen LogP) is 5.94. The Morgan fingerprint density at radius 1 is 1.07 bits per heavy atom. The Balaban J connectivity index is 1.78. The molecule has 3 nitrogen and oxygen atoms in total. The van der Waals surface area contributed by atoms with Gasteiger partial charge in [0.15, 0.2) is 0 Å². The minimum Gasteiger partial charge on any atom is -0.496 e. The highest BCUT2D eigenvalue weighted by atomic mass is 32.5. The van der Waals surface area contributed by atoms with Gasteiger partial charge in [-0.15, -0.1) is 0 Å². The fourth-order valence-electron chi connectivity index (χ4n) is 3.47. The van der Waals surface area contributed by atoms with Crippen LogP contribution in [0.25, 0.3) is 0 Å². The average Bonchev–Trinajstić information content (AvgIpc) is 2.65. The summed E-state index contributed by atoms with van der Waals surface area (Å²) in [6.45, 7) is 1.08. The van der Waals surface area contributed by atoms with E-state index in [1.807, 2.05) is 30.3 Å². The van der Waals surface area contributed by atoms with Gasteiger partial charge in [0, 0.05) is 30.3 Å². The number of rotatable bonds is 6. The molecule has 1 heterocycles. The number of ether oxygens (including phenoxy) is 1. The first-order valence-electron chi connectivity index (χ1n) is 8.90. The Bertz CT molecular complexity index is 830. The van der Waals surface area contributed by atoms with Crippen LogP contribution in [0.2, 0.25) is 0 Å². The molecule has 1 fully saturated rings. The Hall–Kier alpha value is -1.84. The molecule has 1 aliphatic rings. The first-order valence-corrected chi connectivity index (χ1v) is 10.9. The number of methoxy groups -OCH3 is 1. The Morgan fingerprint density at radius 2 is 1.79 bits per heavy atom. The van der Waals surface area contributed by atoms with Crippen molar-refractivity contribution in [3.05, 3.63) is 59.7 Å². The molecule has 0 amide bonds. The summed E-state index contributed by atoms with van der Waals surface area (Å²) in [6.07, 6.45) is 1.85. The first-order chi connectivity index (χ1) is 13.0. The van der Waals surface area contributed by atoms with E-state index in [0.717, 1.165) is 31.0 Å². The van der Waals surface area contributed by atoms with Crippen LogP contribution >= 0.6 is 10.2 Å². The number of nitrogens with one attached hydrogen (secondary N) is 2. The van der Waals surface area contributed by atoms with Gasteiger partial charge < -0.3 is 15.4 Å². The molecule has 0 saturated carbocycles. The molecule has 0 unspecified atom stereocenters. The van der Waals surface area contributed by atoms with Crippen molar-refractivity contribution in [1.29, 1.82) is 0 Å². The van der Waals surface area contributed by atoms with E-state index in [1.165, 1.54) is 7.11 Å². The zero-order chi connectivity index (χ0) is 20.5. The van der Waals surface area contributed by atoms with Gasteiger partial charge in [-0.1, -0.05) is 55.8 Å². The lowest BCUT2D eigenvalue weighted by Gasteiger charge is -2.40. The van der Waals surface area contributed by atoms with Crippen LogP contribution in [-0.2, 0) is 6.54 Å². The molecule has 2 N–H and O–H groups in total. The monoisotopic (exact) mass is 422 g/mol. The molecule has 0 spiro atoms. The molecule has 2 aromatic rings. The molecule has 0 aliphatic carbocycles. The molecular formula is C19H23F5N2OS. The molecule has 28 heavy (non-hydrogen) atoms. The summed E-state index contributed by atoms with van der Waals surface area (Å²) in [5.74, 6) is -0.210. The Kier molecular flexibility index (Phi) is 5.14. The van der Waals surface area contributed by atoms with E-state index in [9.17, 15) is 19.4 Å².